The predicted molar refractivity (Wildman–Crippen MR) is 62.4 cm³/mol. The predicted octanol–water partition coefficient (Wildman–Crippen LogP) is -0.0786. The van der Waals surface area contributed by atoms with E-state index < -0.39 is 18.2 Å². The van der Waals surface area contributed by atoms with Crippen molar-refractivity contribution in [2.45, 2.75) is 32.2 Å². The minimum Gasteiger partial charge on any atom is -0.466 e. The minimum absolute atomic E-state index is 0.207. The van der Waals surface area contributed by atoms with E-state index in [2.05, 4.69) is 9.72 Å². The number of aromatic nitrogens is 1. The third kappa shape index (κ3) is 4.06. The van der Waals surface area contributed by atoms with Gasteiger partial charge >= 0.3 is 5.97 Å². The molecule has 1 heterocycles. The fraction of sp³-hybridized carbons (Fsp3) is 0.500. The molecule has 18 heavy (non-hydrogen) atoms. The zero-order valence-electron chi connectivity index (χ0n) is 10.1. The van der Waals surface area contributed by atoms with Crippen LogP contribution in [0.5, 0.6) is 0 Å². The summed E-state index contributed by atoms with van der Waals surface area (Å²) in [7, 11) is 0. The molecule has 0 bridgehead atoms. The molecule has 1 aromatic rings. The van der Waals surface area contributed by atoms with E-state index in [1.807, 2.05) is 0 Å². The molecule has 0 saturated carbocycles. The van der Waals surface area contributed by atoms with Crippen molar-refractivity contribution in [2.75, 3.05) is 6.61 Å². The van der Waals surface area contributed by atoms with Crippen LogP contribution in [0.15, 0.2) is 18.2 Å². The first-order chi connectivity index (χ1) is 8.58. The van der Waals surface area contributed by atoms with Gasteiger partial charge in [0.2, 0.25) is 0 Å². The van der Waals surface area contributed by atoms with Crippen molar-refractivity contribution in [1.82, 2.24) is 4.98 Å². The van der Waals surface area contributed by atoms with Gasteiger partial charge in [-0.15, -0.1) is 0 Å². The number of aliphatic hydroxyl groups excluding tert-OH is 3. The summed E-state index contributed by atoms with van der Waals surface area (Å²) in [5.41, 5.74) is 0.591. The summed E-state index contributed by atoms with van der Waals surface area (Å²) < 4.78 is 4.67. The summed E-state index contributed by atoms with van der Waals surface area (Å²) in [6.45, 7) is 1.63. The number of aliphatic hydroxyl groups is 3. The minimum atomic E-state index is -1.29. The molecular formula is C12H17NO5. The number of pyridine rings is 1. The zero-order chi connectivity index (χ0) is 13.5. The third-order valence-corrected chi connectivity index (χ3v) is 2.34. The molecule has 0 aliphatic heterocycles. The number of hydrogen-bond acceptors (Lipinski definition) is 6. The number of esters is 1. The van der Waals surface area contributed by atoms with Crippen molar-refractivity contribution in [3.63, 3.8) is 0 Å². The molecule has 1 rings (SSSR count). The Morgan fingerprint density at radius 3 is 2.78 bits per heavy atom. The molecular weight excluding hydrogens is 238 g/mol. The highest BCUT2D eigenvalue weighted by Gasteiger charge is 2.23. The maximum absolute atomic E-state index is 11.2. The van der Waals surface area contributed by atoms with Gasteiger partial charge in [0, 0.05) is 0 Å². The van der Waals surface area contributed by atoms with Crippen LogP contribution in [0, 0.1) is 0 Å². The summed E-state index contributed by atoms with van der Waals surface area (Å²) in [5.74, 6) is -0.581. The van der Waals surface area contributed by atoms with E-state index in [1.54, 1.807) is 19.1 Å². The lowest BCUT2D eigenvalue weighted by Crippen LogP contribution is -2.24. The Bertz CT molecular complexity index is 396. The maximum Gasteiger partial charge on any atom is 0.308 e. The van der Waals surface area contributed by atoms with Crippen LogP contribution < -0.4 is 0 Å². The molecule has 100 valence electrons. The molecule has 6 nitrogen and oxygen atoms in total. The number of hydrogen-bond donors (Lipinski definition) is 3. The summed E-state index contributed by atoms with van der Waals surface area (Å²) in [6.07, 6.45) is -2.88. The van der Waals surface area contributed by atoms with Crippen molar-refractivity contribution >= 4 is 5.97 Å². The van der Waals surface area contributed by atoms with E-state index in [-0.39, 0.29) is 25.3 Å². The first-order valence-corrected chi connectivity index (χ1v) is 5.67. The second kappa shape index (κ2) is 7.05. The fourth-order valence-electron chi connectivity index (χ4n) is 1.45. The largest absolute Gasteiger partial charge is 0.466 e. The monoisotopic (exact) mass is 255 g/mol. The van der Waals surface area contributed by atoms with E-state index >= 15 is 0 Å². The summed E-state index contributed by atoms with van der Waals surface area (Å²) in [4.78, 5) is 15.1. The standard InChI is InChI=1S/C12H17NO5/c1-2-18-11(16)6-10(15)12(17)9-5-3-4-8(7-14)13-9/h3-5,10,12,14-15,17H,2,6-7H2,1H3. The van der Waals surface area contributed by atoms with Gasteiger partial charge in [0.05, 0.1) is 37.1 Å². The molecule has 2 atom stereocenters. The highest BCUT2D eigenvalue weighted by Crippen LogP contribution is 2.17. The Morgan fingerprint density at radius 1 is 1.44 bits per heavy atom. The Hall–Kier alpha value is -1.50. The molecule has 0 spiro atoms. The molecule has 0 aliphatic carbocycles. The van der Waals surface area contributed by atoms with E-state index in [1.165, 1.54) is 6.07 Å². The zero-order valence-corrected chi connectivity index (χ0v) is 10.1. The van der Waals surface area contributed by atoms with Crippen LogP contribution in [0.2, 0.25) is 0 Å². The van der Waals surface area contributed by atoms with Gasteiger partial charge in [0.1, 0.15) is 6.10 Å². The maximum atomic E-state index is 11.2. The van der Waals surface area contributed by atoms with Crippen molar-refractivity contribution in [2.24, 2.45) is 0 Å². The highest BCUT2D eigenvalue weighted by atomic mass is 16.5. The summed E-state index contributed by atoms with van der Waals surface area (Å²) in [5, 5.41) is 28.4. The molecule has 0 aromatic carbocycles. The van der Waals surface area contributed by atoms with Gasteiger partial charge in [0.15, 0.2) is 0 Å². The molecule has 0 fully saturated rings. The summed E-state index contributed by atoms with van der Waals surface area (Å²) >= 11 is 0. The van der Waals surface area contributed by atoms with Crippen molar-refractivity contribution < 1.29 is 24.9 Å². The van der Waals surface area contributed by atoms with Gasteiger partial charge in [-0.2, -0.15) is 0 Å². The second-order valence-electron chi connectivity index (χ2n) is 3.73. The van der Waals surface area contributed by atoms with Crippen LogP contribution in [0.25, 0.3) is 0 Å². The smallest absolute Gasteiger partial charge is 0.308 e. The lowest BCUT2D eigenvalue weighted by Gasteiger charge is -2.17. The van der Waals surface area contributed by atoms with E-state index in [4.69, 9.17) is 5.11 Å². The number of carbonyl (C=O) groups is 1. The highest BCUT2D eigenvalue weighted by molar-refractivity contribution is 5.70. The Balaban J connectivity index is 2.67. The molecule has 1 aromatic heterocycles. The Labute approximate surface area is 105 Å². The number of carbonyl (C=O) groups excluding carboxylic acids is 1. The number of rotatable bonds is 6. The molecule has 0 amide bonds. The van der Waals surface area contributed by atoms with E-state index in [0.29, 0.717) is 5.69 Å². The topological polar surface area (TPSA) is 99.9 Å². The second-order valence-corrected chi connectivity index (χ2v) is 3.73. The molecule has 0 radical (unpaired) electrons. The van der Waals surface area contributed by atoms with Gasteiger partial charge < -0.3 is 20.1 Å². The molecule has 2 unspecified atom stereocenters. The van der Waals surface area contributed by atoms with Gasteiger partial charge in [0.25, 0.3) is 0 Å². The Kier molecular flexibility index (Phi) is 5.70. The third-order valence-electron chi connectivity index (χ3n) is 2.34. The molecule has 6 heteroatoms. The van der Waals surface area contributed by atoms with Gasteiger partial charge in [-0.25, -0.2) is 0 Å². The van der Waals surface area contributed by atoms with Crippen LogP contribution in [0.4, 0.5) is 0 Å². The van der Waals surface area contributed by atoms with E-state index in [9.17, 15) is 15.0 Å². The normalized spacial score (nSPS) is 14.0. The lowest BCUT2D eigenvalue weighted by atomic mass is 10.1. The van der Waals surface area contributed by atoms with E-state index in [0.717, 1.165) is 0 Å². The van der Waals surface area contributed by atoms with Crippen LogP contribution >= 0.6 is 0 Å². The quantitative estimate of drug-likeness (QED) is 0.615. The van der Waals surface area contributed by atoms with Crippen LogP contribution in [0.3, 0.4) is 0 Å². The number of nitrogens with zero attached hydrogens (tertiary/aromatic N) is 1. The van der Waals surface area contributed by atoms with Gasteiger partial charge in [-0.3, -0.25) is 9.78 Å². The van der Waals surface area contributed by atoms with Crippen molar-refractivity contribution in [1.29, 1.82) is 0 Å². The van der Waals surface area contributed by atoms with Crippen LogP contribution in [-0.2, 0) is 16.1 Å². The SMILES string of the molecule is CCOC(=O)CC(O)C(O)c1cccc(CO)n1. The summed E-state index contributed by atoms with van der Waals surface area (Å²) in [6, 6.07) is 4.71. The average Bonchev–Trinajstić information content (AvgIpc) is 2.38. The molecule has 0 saturated heterocycles. The average molecular weight is 255 g/mol. The van der Waals surface area contributed by atoms with Gasteiger partial charge in [-0.1, -0.05) is 6.07 Å². The van der Waals surface area contributed by atoms with Gasteiger partial charge in [-0.05, 0) is 19.1 Å². The Morgan fingerprint density at radius 2 is 2.17 bits per heavy atom. The number of ether oxygens (including phenoxy) is 1. The molecule has 0 aliphatic rings. The fourth-order valence-corrected chi connectivity index (χ4v) is 1.45. The van der Waals surface area contributed by atoms with Crippen LogP contribution in [-0.4, -0.2) is 39.0 Å². The molecule has 3 N–H and O–H groups in total. The van der Waals surface area contributed by atoms with Crippen LogP contribution in [0.1, 0.15) is 30.8 Å². The first kappa shape index (κ1) is 14.6. The van der Waals surface area contributed by atoms with Crippen molar-refractivity contribution in [3.8, 4) is 0 Å². The van der Waals surface area contributed by atoms with Crippen molar-refractivity contribution in [3.05, 3.63) is 29.6 Å². The first-order valence-electron chi connectivity index (χ1n) is 5.67. The lowest BCUT2D eigenvalue weighted by molar-refractivity contribution is -0.147.